The van der Waals surface area contributed by atoms with Crippen molar-refractivity contribution in [1.82, 2.24) is 19.4 Å². The molecular formula is C15H16BN5O4. The first-order valence-corrected chi connectivity index (χ1v) is 7.85. The lowest BCUT2D eigenvalue weighted by molar-refractivity contribution is 0.0695. The highest BCUT2D eigenvalue weighted by Gasteiger charge is 2.22. The minimum atomic E-state index is -1.28. The second-order valence-corrected chi connectivity index (χ2v) is 5.68. The summed E-state index contributed by atoms with van der Waals surface area (Å²) in [5.74, 6) is -1.30. The van der Waals surface area contributed by atoms with Crippen LogP contribution >= 0.6 is 0 Å². The van der Waals surface area contributed by atoms with Gasteiger partial charge in [0.25, 0.3) is 0 Å². The van der Waals surface area contributed by atoms with Crippen molar-refractivity contribution in [2.75, 3.05) is 31.1 Å². The zero-order valence-electron chi connectivity index (χ0n) is 13.7. The van der Waals surface area contributed by atoms with Crippen molar-refractivity contribution in [3.63, 3.8) is 0 Å². The van der Waals surface area contributed by atoms with Gasteiger partial charge in [-0.3, -0.25) is 9.59 Å². The number of aromatic nitrogens is 3. The van der Waals surface area contributed by atoms with Crippen LogP contribution in [-0.4, -0.2) is 70.3 Å². The summed E-state index contributed by atoms with van der Waals surface area (Å²) in [7, 11) is 5.27. The number of piperazine rings is 1. The third-order valence-electron chi connectivity index (χ3n) is 4.25. The van der Waals surface area contributed by atoms with Crippen molar-refractivity contribution >= 4 is 36.6 Å². The van der Waals surface area contributed by atoms with Gasteiger partial charge in [0.1, 0.15) is 11.2 Å². The van der Waals surface area contributed by atoms with Crippen molar-refractivity contribution in [2.24, 2.45) is 0 Å². The fourth-order valence-corrected chi connectivity index (χ4v) is 2.84. The van der Waals surface area contributed by atoms with E-state index in [1.165, 1.54) is 12.4 Å². The fourth-order valence-electron chi connectivity index (χ4n) is 2.84. The quantitative estimate of drug-likeness (QED) is 0.778. The van der Waals surface area contributed by atoms with Crippen LogP contribution in [0.25, 0.3) is 11.0 Å². The summed E-state index contributed by atoms with van der Waals surface area (Å²) in [5.41, 5.74) is -0.516. The van der Waals surface area contributed by atoms with E-state index >= 15 is 0 Å². The normalized spacial score (nSPS) is 14.8. The van der Waals surface area contributed by atoms with E-state index in [0.29, 0.717) is 44.3 Å². The third-order valence-corrected chi connectivity index (χ3v) is 4.25. The number of hydrogen-bond donors (Lipinski definition) is 1. The first-order chi connectivity index (χ1) is 11.9. The first kappa shape index (κ1) is 16.9. The molecular weight excluding hydrogens is 325 g/mol. The minimum absolute atomic E-state index is 0.168. The van der Waals surface area contributed by atoms with Crippen molar-refractivity contribution in [2.45, 2.75) is 13.5 Å². The lowest BCUT2D eigenvalue weighted by Gasteiger charge is -2.34. The van der Waals surface area contributed by atoms with Gasteiger partial charge in [0.15, 0.2) is 5.81 Å². The largest absolute Gasteiger partial charge is 0.477 e. The predicted octanol–water partition coefficient (Wildman–Crippen LogP) is -0.0799. The number of hydrogen-bond acceptors (Lipinski definition) is 6. The monoisotopic (exact) mass is 341 g/mol. The average Bonchev–Trinajstić information content (AvgIpc) is 2.61. The molecule has 0 unspecified atom stereocenters. The van der Waals surface area contributed by atoms with Gasteiger partial charge in [-0.15, -0.1) is 0 Å². The van der Waals surface area contributed by atoms with Crippen LogP contribution in [0, 0.1) is 0 Å². The van der Waals surface area contributed by atoms with Crippen LogP contribution in [0.3, 0.4) is 0 Å². The summed E-state index contributed by atoms with van der Waals surface area (Å²) in [6, 6.07) is 0. The molecule has 3 rings (SSSR count). The number of anilines is 1. The van der Waals surface area contributed by atoms with Gasteiger partial charge in [0, 0.05) is 45.1 Å². The van der Waals surface area contributed by atoms with E-state index in [0.717, 1.165) is 0 Å². The molecule has 9 nitrogen and oxygen atoms in total. The molecule has 0 atom stereocenters. The summed E-state index contributed by atoms with van der Waals surface area (Å²) in [4.78, 5) is 46.8. The predicted molar refractivity (Wildman–Crippen MR) is 91.4 cm³/mol. The Bertz CT molecular complexity index is 905. The summed E-state index contributed by atoms with van der Waals surface area (Å²) in [5, 5.41) is 9.34. The van der Waals surface area contributed by atoms with E-state index in [1.807, 2.05) is 11.8 Å². The van der Waals surface area contributed by atoms with Gasteiger partial charge < -0.3 is 19.5 Å². The van der Waals surface area contributed by atoms with Crippen LogP contribution in [0.4, 0.5) is 10.7 Å². The molecule has 2 radical (unpaired) electrons. The van der Waals surface area contributed by atoms with Crippen molar-refractivity contribution < 1.29 is 14.7 Å². The first-order valence-electron chi connectivity index (χ1n) is 7.85. The van der Waals surface area contributed by atoms with Gasteiger partial charge in [-0.25, -0.2) is 9.78 Å². The molecule has 2 aromatic heterocycles. The van der Waals surface area contributed by atoms with E-state index in [1.54, 1.807) is 9.47 Å². The highest BCUT2D eigenvalue weighted by molar-refractivity contribution is 6.56. The van der Waals surface area contributed by atoms with Gasteiger partial charge >= 0.3 is 5.97 Å². The number of carbonyl (C=O) groups is 2. The molecule has 0 saturated carbocycles. The molecule has 1 aliphatic rings. The molecule has 10 heteroatoms. The Balaban J connectivity index is 2.00. The van der Waals surface area contributed by atoms with Crippen molar-refractivity contribution in [1.29, 1.82) is 0 Å². The molecule has 0 bridgehead atoms. The summed E-state index contributed by atoms with van der Waals surface area (Å²) >= 11 is 0. The van der Waals surface area contributed by atoms with Crippen LogP contribution in [0.15, 0.2) is 17.2 Å². The molecule has 2 aromatic rings. The minimum Gasteiger partial charge on any atom is -0.477 e. The SMILES string of the molecule is [B]C(=O)N1CCN(c2ncc3c(=O)c(C(=O)O)cn(CC)c3n2)CC1. The Morgan fingerprint density at radius 3 is 2.52 bits per heavy atom. The molecule has 0 spiro atoms. The number of amides is 1. The second-order valence-electron chi connectivity index (χ2n) is 5.68. The Labute approximate surface area is 144 Å². The smallest absolute Gasteiger partial charge is 0.341 e. The molecule has 1 N–H and O–H groups in total. The lowest BCUT2D eigenvalue weighted by Crippen LogP contribution is -2.49. The molecule has 1 fully saturated rings. The van der Waals surface area contributed by atoms with E-state index in [4.69, 9.17) is 13.0 Å². The van der Waals surface area contributed by atoms with Gasteiger partial charge in [-0.2, -0.15) is 4.98 Å². The van der Waals surface area contributed by atoms with Gasteiger partial charge in [0.2, 0.25) is 19.2 Å². The fraction of sp³-hybridized carbons (Fsp3) is 0.400. The van der Waals surface area contributed by atoms with Crippen LogP contribution in [0.2, 0.25) is 0 Å². The Morgan fingerprint density at radius 1 is 1.28 bits per heavy atom. The lowest BCUT2D eigenvalue weighted by atomic mass is 10.1. The highest BCUT2D eigenvalue weighted by atomic mass is 16.4. The molecule has 1 saturated heterocycles. The Kier molecular flexibility index (Phi) is 4.43. The number of carboxylic acid groups (broad SMARTS) is 1. The molecule has 1 amide bonds. The topological polar surface area (TPSA) is 109 Å². The Morgan fingerprint density at radius 2 is 1.96 bits per heavy atom. The van der Waals surface area contributed by atoms with Crippen LogP contribution < -0.4 is 10.3 Å². The highest BCUT2D eigenvalue weighted by Crippen LogP contribution is 2.16. The van der Waals surface area contributed by atoms with Gasteiger partial charge in [0.05, 0.1) is 5.39 Å². The number of fused-ring (bicyclic) bond motifs is 1. The maximum Gasteiger partial charge on any atom is 0.341 e. The zero-order valence-corrected chi connectivity index (χ0v) is 13.7. The van der Waals surface area contributed by atoms with Crippen molar-refractivity contribution in [3.05, 3.63) is 28.2 Å². The maximum atomic E-state index is 12.3. The van der Waals surface area contributed by atoms with Gasteiger partial charge in [-0.1, -0.05) is 0 Å². The standard InChI is InChI=1S/C15H16BN5O4/c1-2-19-8-10(13(23)24)11(22)9-7-17-15(18-12(9)19)21-5-3-20(4-6-21)14(16)25/h7-8H,2-6H2,1H3,(H,23,24). The third kappa shape index (κ3) is 3.06. The van der Waals surface area contributed by atoms with Crippen molar-refractivity contribution in [3.8, 4) is 0 Å². The number of carbonyl (C=O) groups excluding carboxylic acids is 1. The second kappa shape index (κ2) is 6.54. The maximum absolute atomic E-state index is 12.3. The number of aryl methyl sites for hydroxylation is 1. The summed E-state index contributed by atoms with van der Waals surface area (Å²) < 4.78 is 1.62. The summed E-state index contributed by atoms with van der Waals surface area (Å²) in [6.45, 7) is 4.28. The van der Waals surface area contributed by atoms with E-state index in [9.17, 15) is 14.4 Å². The van der Waals surface area contributed by atoms with Crippen LogP contribution in [0.1, 0.15) is 17.3 Å². The molecule has 0 aliphatic carbocycles. The number of aromatic carboxylic acids is 1. The van der Waals surface area contributed by atoms with E-state index in [-0.39, 0.29) is 10.9 Å². The molecule has 0 aromatic carbocycles. The molecule has 25 heavy (non-hydrogen) atoms. The summed E-state index contributed by atoms with van der Waals surface area (Å²) in [6.07, 6.45) is 2.66. The van der Waals surface area contributed by atoms with Crippen LogP contribution in [0.5, 0.6) is 0 Å². The number of nitrogens with zero attached hydrogens (tertiary/aromatic N) is 5. The van der Waals surface area contributed by atoms with E-state index < -0.39 is 17.2 Å². The number of carboxylic acids is 1. The number of pyridine rings is 1. The van der Waals surface area contributed by atoms with Gasteiger partial charge in [-0.05, 0) is 6.92 Å². The van der Waals surface area contributed by atoms with E-state index in [2.05, 4.69) is 9.97 Å². The molecule has 3 heterocycles. The molecule has 128 valence electrons. The number of rotatable bonds is 3. The van der Waals surface area contributed by atoms with Crippen LogP contribution in [-0.2, 0) is 6.54 Å². The zero-order chi connectivity index (χ0) is 18.1. The molecule has 1 aliphatic heterocycles. The average molecular weight is 341 g/mol. The Hall–Kier alpha value is -2.91.